The minimum absolute atomic E-state index is 0.110. The van der Waals surface area contributed by atoms with Gasteiger partial charge in [0.2, 0.25) is 0 Å². The van der Waals surface area contributed by atoms with Gasteiger partial charge in [-0.1, -0.05) is 0 Å². The fraction of sp³-hybridized carbons (Fsp3) is 0.643. The van der Waals surface area contributed by atoms with Crippen LogP contribution >= 0.6 is 11.6 Å². The van der Waals surface area contributed by atoms with Gasteiger partial charge >= 0.3 is 12.2 Å². The van der Waals surface area contributed by atoms with Crippen LogP contribution < -0.4 is 4.90 Å². The highest BCUT2D eigenvalue weighted by molar-refractivity contribution is 6.16. The van der Waals surface area contributed by atoms with Crippen molar-refractivity contribution in [3.63, 3.8) is 0 Å². The summed E-state index contributed by atoms with van der Waals surface area (Å²) in [6, 6.07) is 0. The summed E-state index contributed by atoms with van der Waals surface area (Å²) in [5, 5.41) is 7.50. The molecule has 0 aromatic carbocycles. The van der Waals surface area contributed by atoms with E-state index in [4.69, 9.17) is 21.1 Å². The molecule has 1 rings (SSSR count). The molecule has 1 heterocycles. The van der Waals surface area contributed by atoms with E-state index < -0.39 is 23.4 Å². The van der Waals surface area contributed by atoms with Gasteiger partial charge in [-0.3, -0.25) is 0 Å². The van der Waals surface area contributed by atoms with Crippen LogP contribution in [-0.2, 0) is 15.4 Å². The van der Waals surface area contributed by atoms with Gasteiger partial charge in [-0.05, 0) is 41.5 Å². The normalized spacial score (nSPS) is 11.8. The molecule has 0 saturated carbocycles. The fourth-order valence-electron chi connectivity index (χ4n) is 1.31. The van der Waals surface area contributed by atoms with E-state index in [1.54, 1.807) is 41.5 Å². The van der Waals surface area contributed by atoms with Crippen molar-refractivity contribution in [3.05, 3.63) is 11.9 Å². The molecule has 0 radical (unpaired) electrons. The quantitative estimate of drug-likeness (QED) is 0.759. The Bertz CT molecular complexity index is 536. The first-order valence-corrected chi connectivity index (χ1v) is 7.47. The number of hydrogen-bond donors (Lipinski definition) is 0. The van der Waals surface area contributed by atoms with Crippen LogP contribution in [0.1, 0.15) is 47.2 Å². The molecule has 0 spiro atoms. The largest absolute Gasteiger partial charge is 0.443 e. The summed E-state index contributed by atoms with van der Waals surface area (Å²) in [6.07, 6.45) is -0.587. The van der Waals surface area contributed by atoms with E-state index in [2.05, 4.69) is 15.2 Å². The van der Waals surface area contributed by atoms with E-state index in [0.717, 1.165) is 0 Å². The van der Waals surface area contributed by atoms with Crippen LogP contribution in [0.5, 0.6) is 0 Å². The third-order valence-corrected chi connectivity index (χ3v) is 2.36. The van der Waals surface area contributed by atoms with E-state index in [9.17, 15) is 9.59 Å². The Kier molecular flexibility index (Phi) is 5.87. The van der Waals surface area contributed by atoms with Crippen LogP contribution in [0.4, 0.5) is 15.5 Å². The Morgan fingerprint density at radius 3 is 1.83 bits per heavy atom. The Morgan fingerprint density at radius 1 is 1.04 bits per heavy atom. The topological polar surface area (TPSA) is 94.5 Å². The lowest BCUT2D eigenvalue weighted by atomic mass is 10.2. The maximum absolute atomic E-state index is 12.3. The molecule has 2 amide bonds. The number of aromatic nitrogens is 3. The van der Waals surface area contributed by atoms with E-state index in [1.165, 1.54) is 6.20 Å². The number of ether oxygens (including phenoxy) is 2. The molecular formula is C14H21ClN4O4. The number of nitrogens with zero attached hydrogens (tertiary/aromatic N) is 4. The fourth-order valence-corrected chi connectivity index (χ4v) is 1.43. The lowest BCUT2D eigenvalue weighted by Crippen LogP contribution is -2.44. The standard InChI is InChI=1S/C14H21ClN4O4/c1-13(2,3)22-11(20)19(12(21)23-14(4,5)6)10-16-8-9(7-15)17-18-10/h8H,7H2,1-6H3. The average Bonchev–Trinajstić information content (AvgIpc) is 2.35. The summed E-state index contributed by atoms with van der Waals surface area (Å²) in [4.78, 5) is 29.1. The average molecular weight is 345 g/mol. The lowest BCUT2D eigenvalue weighted by Gasteiger charge is -2.27. The molecule has 0 fully saturated rings. The third kappa shape index (κ3) is 6.35. The first kappa shape index (κ1) is 19.1. The van der Waals surface area contributed by atoms with E-state index in [0.29, 0.717) is 10.6 Å². The zero-order valence-corrected chi connectivity index (χ0v) is 14.8. The second-order valence-electron chi connectivity index (χ2n) is 6.68. The molecule has 9 heteroatoms. The van der Waals surface area contributed by atoms with Gasteiger partial charge in [0.15, 0.2) is 0 Å². The maximum Gasteiger partial charge on any atom is 0.427 e. The first-order valence-electron chi connectivity index (χ1n) is 6.93. The summed E-state index contributed by atoms with van der Waals surface area (Å²) in [6.45, 7) is 10.0. The molecule has 0 aliphatic heterocycles. The summed E-state index contributed by atoms with van der Waals surface area (Å²) in [7, 11) is 0. The van der Waals surface area contributed by atoms with E-state index in [-0.39, 0.29) is 11.8 Å². The third-order valence-electron chi connectivity index (χ3n) is 2.09. The van der Waals surface area contributed by atoms with Crippen LogP contribution in [0.2, 0.25) is 0 Å². The Balaban J connectivity index is 3.14. The van der Waals surface area contributed by atoms with Gasteiger partial charge in [-0.2, -0.15) is 0 Å². The van der Waals surface area contributed by atoms with E-state index in [1.807, 2.05) is 0 Å². The molecule has 0 saturated heterocycles. The zero-order valence-electron chi connectivity index (χ0n) is 14.1. The number of imide groups is 1. The highest BCUT2D eigenvalue weighted by atomic mass is 35.5. The molecule has 23 heavy (non-hydrogen) atoms. The van der Waals surface area contributed by atoms with Crippen LogP contribution in [0.25, 0.3) is 0 Å². The summed E-state index contributed by atoms with van der Waals surface area (Å²) >= 11 is 5.62. The summed E-state index contributed by atoms with van der Waals surface area (Å²) in [5.41, 5.74) is -1.20. The minimum Gasteiger partial charge on any atom is -0.443 e. The molecular weight excluding hydrogens is 324 g/mol. The molecule has 1 aromatic heterocycles. The predicted molar refractivity (Wildman–Crippen MR) is 84.3 cm³/mol. The Labute approximate surface area is 140 Å². The summed E-state index contributed by atoms with van der Waals surface area (Å²) in [5.74, 6) is -0.138. The van der Waals surface area contributed by atoms with Gasteiger partial charge in [-0.25, -0.2) is 14.6 Å². The van der Waals surface area contributed by atoms with Crippen LogP contribution in [0.15, 0.2) is 6.20 Å². The predicted octanol–water partition coefficient (Wildman–Crippen LogP) is 3.29. The second kappa shape index (κ2) is 7.08. The van der Waals surface area contributed by atoms with Crippen molar-refractivity contribution < 1.29 is 19.1 Å². The monoisotopic (exact) mass is 344 g/mol. The number of carbonyl (C=O) groups is 2. The van der Waals surface area contributed by atoms with Gasteiger partial charge in [0.05, 0.1) is 17.8 Å². The molecule has 0 aliphatic carbocycles. The molecule has 128 valence electrons. The number of rotatable bonds is 2. The van der Waals surface area contributed by atoms with Crippen molar-refractivity contribution in [2.24, 2.45) is 0 Å². The lowest BCUT2D eigenvalue weighted by molar-refractivity contribution is 0.0426. The number of alkyl halides is 1. The molecule has 0 bridgehead atoms. The van der Waals surface area contributed by atoms with Crippen molar-refractivity contribution in [2.45, 2.75) is 58.6 Å². The van der Waals surface area contributed by atoms with Crippen molar-refractivity contribution in [1.29, 1.82) is 0 Å². The zero-order chi connectivity index (χ0) is 17.8. The number of halogens is 1. The van der Waals surface area contributed by atoms with Crippen molar-refractivity contribution in [1.82, 2.24) is 15.2 Å². The van der Waals surface area contributed by atoms with Crippen molar-refractivity contribution >= 4 is 29.7 Å². The van der Waals surface area contributed by atoms with Crippen LogP contribution in [0, 0.1) is 0 Å². The minimum atomic E-state index is -0.952. The maximum atomic E-state index is 12.3. The highest BCUT2D eigenvalue weighted by Crippen LogP contribution is 2.18. The molecule has 0 atom stereocenters. The number of amides is 2. The number of hydrogen-bond acceptors (Lipinski definition) is 7. The highest BCUT2D eigenvalue weighted by Gasteiger charge is 2.34. The van der Waals surface area contributed by atoms with Gasteiger partial charge < -0.3 is 9.47 Å². The molecule has 0 N–H and O–H groups in total. The van der Waals surface area contributed by atoms with Gasteiger partial charge in [0.1, 0.15) is 11.2 Å². The van der Waals surface area contributed by atoms with E-state index >= 15 is 0 Å². The van der Waals surface area contributed by atoms with Crippen molar-refractivity contribution in [3.8, 4) is 0 Å². The van der Waals surface area contributed by atoms with Crippen molar-refractivity contribution in [2.75, 3.05) is 4.90 Å². The van der Waals surface area contributed by atoms with Gasteiger partial charge in [0.25, 0.3) is 5.95 Å². The first-order chi connectivity index (χ1) is 10.4. The van der Waals surface area contributed by atoms with Crippen LogP contribution in [-0.4, -0.2) is 38.6 Å². The molecule has 1 aromatic rings. The van der Waals surface area contributed by atoms with Crippen LogP contribution in [0.3, 0.4) is 0 Å². The Morgan fingerprint density at radius 2 is 1.52 bits per heavy atom. The Hall–Kier alpha value is -1.96. The molecule has 8 nitrogen and oxygen atoms in total. The molecule has 0 aliphatic rings. The van der Waals surface area contributed by atoms with Gasteiger partial charge in [0, 0.05) is 0 Å². The number of carbonyl (C=O) groups excluding carboxylic acids is 2. The SMILES string of the molecule is CC(C)(C)OC(=O)N(C(=O)OC(C)(C)C)c1ncc(CCl)nn1. The number of anilines is 1. The summed E-state index contributed by atoms with van der Waals surface area (Å²) < 4.78 is 10.4. The second-order valence-corrected chi connectivity index (χ2v) is 6.95. The molecule has 0 unspecified atom stereocenters. The van der Waals surface area contributed by atoms with Gasteiger partial charge in [-0.15, -0.1) is 26.7 Å². The smallest absolute Gasteiger partial charge is 0.427 e.